The lowest BCUT2D eigenvalue weighted by Gasteiger charge is -1.96. The van der Waals surface area contributed by atoms with Gasteiger partial charge in [0.2, 0.25) is 0 Å². The molecule has 0 bridgehead atoms. The Balaban J connectivity index is 3.80. The number of carbonyl (C=O) groups excluding carboxylic acids is 1. The maximum Gasteiger partial charge on any atom is 0.333 e. The van der Waals surface area contributed by atoms with Gasteiger partial charge in [-0.3, -0.25) is 0 Å². The minimum absolute atomic E-state index is 0.308. The molecule has 0 atom stereocenters. The molecule has 0 rings (SSSR count). The fraction of sp³-hybridized carbons (Fsp3) is 0.571. The van der Waals surface area contributed by atoms with Crippen molar-refractivity contribution in [2.45, 2.75) is 6.92 Å². The number of methoxy groups -OCH3 is 2. The van der Waals surface area contributed by atoms with Gasteiger partial charge in [-0.15, -0.1) is 0 Å². The molecule has 0 aromatic carbocycles. The van der Waals surface area contributed by atoms with Crippen LogP contribution in [0.15, 0.2) is 11.6 Å². The van der Waals surface area contributed by atoms with E-state index in [9.17, 15) is 4.79 Å². The van der Waals surface area contributed by atoms with Crippen LogP contribution in [0.2, 0.25) is 0 Å². The molecule has 0 aliphatic rings. The van der Waals surface area contributed by atoms with Crippen molar-refractivity contribution in [2.75, 3.05) is 20.8 Å². The first-order chi connectivity index (χ1) is 4.72. The maximum absolute atomic E-state index is 10.7. The topological polar surface area (TPSA) is 35.5 Å². The number of esters is 1. The van der Waals surface area contributed by atoms with Gasteiger partial charge in [0, 0.05) is 12.7 Å². The van der Waals surface area contributed by atoms with Crippen molar-refractivity contribution in [1.29, 1.82) is 0 Å². The van der Waals surface area contributed by atoms with Crippen LogP contribution in [0.5, 0.6) is 0 Å². The highest BCUT2D eigenvalue weighted by Crippen LogP contribution is 1.93. The quantitative estimate of drug-likeness (QED) is 0.433. The van der Waals surface area contributed by atoms with Crippen molar-refractivity contribution >= 4 is 5.97 Å². The second-order valence-electron chi connectivity index (χ2n) is 1.83. The Morgan fingerprint density at radius 2 is 2.10 bits per heavy atom. The summed E-state index contributed by atoms with van der Waals surface area (Å²) in [4.78, 5) is 10.7. The van der Waals surface area contributed by atoms with Crippen LogP contribution in [0.4, 0.5) is 0 Å². The highest BCUT2D eigenvalue weighted by Gasteiger charge is 2.00. The maximum atomic E-state index is 10.7. The first-order valence-corrected chi connectivity index (χ1v) is 2.96. The van der Waals surface area contributed by atoms with Crippen LogP contribution in [0.1, 0.15) is 6.92 Å². The van der Waals surface area contributed by atoms with Crippen molar-refractivity contribution in [3.63, 3.8) is 0 Å². The number of carbonyl (C=O) groups is 1. The molecule has 0 saturated heterocycles. The van der Waals surface area contributed by atoms with Crippen LogP contribution in [-0.2, 0) is 14.3 Å². The minimum Gasteiger partial charge on any atom is -0.466 e. The normalized spacial score (nSPS) is 11.3. The molecule has 0 aromatic heterocycles. The molecule has 0 amide bonds. The summed E-state index contributed by atoms with van der Waals surface area (Å²) in [6.45, 7) is 2.13. The number of rotatable bonds is 3. The van der Waals surface area contributed by atoms with E-state index in [-0.39, 0.29) is 5.97 Å². The van der Waals surface area contributed by atoms with Gasteiger partial charge in [-0.2, -0.15) is 0 Å². The van der Waals surface area contributed by atoms with E-state index >= 15 is 0 Å². The van der Waals surface area contributed by atoms with E-state index in [4.69, 9.17) is 4.74 Å². The smallest absolute Gasteiger partial charge is 0.333 e. The summed E-state index contributed by atoms with van der Waals surface area (Å²) < 4.78 is 9.17. The van der Waals surface area contributed by atoms with Crippen LogP contribution >= 0.6 is 0 Å². The Morgan fingerprint density at radius 3 is 2.50 bits per heavy atom. The Kier molecular flexibility index (Phi) is 4.58. The van der Waals surface area contributed by atoms with Crippen molar-refractivity contribution in [3.05, 3.63) is 11.6 Å². The lowest BCUT2D eigenvalue weighted by atomic mass is 10.3. The molecule has 0 unspecified atom stereocenters. The first kappa shape index (κ1) is 9.17. The number of hydrogen-bond acceptors (Lipinski definition) is 3. The molecule has 0 fully saturated rings. The van der Waals surface area contributed by atoms with Crippen LogP contribution in [0, 0.1) is 0 Å². The molecule has 0 N–H and O–H groups in total. The summed E-state index contributed by atoms with van der Waals surface area (Å²) in [5, 5.41) is 0. The summed E-state index contributed by atoms with van der Waals surface area (Å²) in [6.07, 6.45) is 1.67. The molecule has 3 nitrogen and oxygen atoms in total. The predicted molar refractivity (Wildman–Crippen MR) is 37.6 cm³/mol. The van der Waals surface area contributed by atoms with Gasteiger partial charge in [0.1, 0.15) is 0 Å². The zero-order chi connectivity index (χ0) is 7.98. The molecular formula is C7H12O3. The monoisotopic (exact) mass is 144 g/mol. The third-order valence-corrected chi connectivity index (χ3v) is 1.06. The van der Waals surface area contributed by atoms with Gasteiger partial charge >= 0.3 is 5.97 Å². The van der Waals surface area contributed by atoms with Crippen LogP contribution in [-0.4, -0.2) is 26.8 Å². The van der Waals surface area contributed by atoms with Gasteiger partial charge in [0.25, 0.3) is 0 Å². The van der Waals surface area contributed by atoms with E-state index in [1.807, 2.05) is 0 Å². The number of ether oxygens (including phenoxy) is 2. The molecule has 58 valence electrons. The van der Waals surface area contributed by atoms with E-state index in [1.165, 1.54) is 7.11 Å². The summed E-state index contributed by atoms with van der Waals surface area (Å²) in [7, 11) is 2.92. The zero-order valence-corrected chi connectivity index (χ0v) is 6.51. The van der Waals surface area contributed by atoms with Crippen molar-refractivity contribution < 1.29 is 14.3 Å². The van der Waals surface area contributed by atoms with Gasteiger partial charge in [0.15, 0.2) is 0 Å². The molecule has 0 aliphatic carbocycles. The molecule has 10 heavy (non-hydrogen) atoms. The molecular weight excluding hydrogens is 132 g/mol. The van der Waals surface area contributed by atoms with Gasteiger partial charge in [0.05, 0.1) is 13.7 Å². The molecule has 0 saturated carbocycles. The fourth-order valence-corrected chi connectivity index (χ4v) is 0.453. The van der Waals surface area contributed by atoms with Gasteiger partial charge in [-0.1, -0.05) is 0 Å². The molecule has 0 aliphatic heterocycles. The van der Waals surface area contributed by atoms with E-state index < -0.39 is 0 Å². The van der Waals surface area contributed by atoms with Crippen LogP contribution < -0.4 is 0 Å². The summed E-state index contributed by atoms with van der Waals surface area (Å²) in [5.74, 6) is -0.308. The van der Waals surface area contributed by atoms with Crippen molar-refractivity contribution in [1.82, 2.24) is 0 Å². The lowest BCUT2D eigenvalue weighted by Crippen LogP contribution is -2.02. The van der Waals surface area contributed by atoms with E-state index in [0.717, 1.165) is 0 Å². The van der Waals surface area contributed by atoms with Gasteiger partial charge in [-0.25, -0.2) is 4.79 Å². The lowest BCUT2D eigenvalue weighted by molar-refractivity contribution is -0.136. The fourth-order valence-electron chi connectivity index (χ4n) is 0.453. The molecule has 0 radical (unpaired) electrons. The summed E-state index contributed by atoms with van der Waals surface area (Å²) in [5.41, 5.74) is 0.573. The molecule has 0 spiro atoms. The summed E-state index contributed by atoms with van der Waals surface area (Å²) in [6, 6.07) is 0. The largest absolute Gasteiger partial charge is 0.466 e. The number of hydrogen-bond donors (Lipinski definition) is 0. The van der Waals surface area contributed by atoms with Gasteiger partial charge in [-0.05, 0) is 13.0 Å². The van der Waals surface area contributed by atoms with Crippen LogP contribution in [0.25, 0.3) is 0 Å². The Hall–Kier alpha value is -0.830. The van der Waals surface area contributed by atoms with E-state index in [2.05, 4.69) is 4.74 Å². The third-order valence-electron chi connectivity index (χ3n) is 1.06. The predicted octanol–water partition coefficient (Wildman–Crippen LogP) is 0.752. The Morgan fingerprint density at radius 1 is 1.50 bits per heavy atom. The highest BCUT2D eigenvalue weighted by atomic mass is 16.5. The van der Waals surface area contributed by atoms with Crippen molar-refractivity contribution in [3.8, 4) is 0 Å². The average molecular weight is 144 g/mol. The van der Waals surface area contributed by atoms with Gasteiger partial charge < -0.3 is 9.47 Å². The third kappa shape index (κ3) is 3.25. The minimum atomic E-state index is -0.308. The molecule has 3 heteroatoms. The SMILES string of the molecule is COCC=C(C)C(=O)OC. The molecule has 0 aromatic rings. The second-order valence-corrected chi connectivity index (χ2v) is 1.83. The highest BCUT2D eigenvalue weighted by molar-refractivity contribution is 5.87. The van der Waals surface area contributed by atoms with E-state index in [1.54, 1.807) is 20.1 Å². The second kappa shape index (κ2) is 4.99. The Labute approximate surface area is 60.6 Å². The molecule has 0 heterocycles. The average Bonchev–Trinajstić information content (AvgIpc) is 1.98. The van der Waals surface area contributed by atoms with Crippen molar-refractivity contribution in [2.24, 2.45) is 0 Å². The van der Waals surface area contributed by atoms with Crippen LogP contribution in [0.3, 0.4) is 0 Å². The Bertz CT molecular complexity index is 138. The zero-order valence-electron chi connectivity index (χ0n) is 6.51. The standard InChI is InChI=1S/C7H12O3/c1-6(4-5-9-2)7(8)10-3/h4H,5H2,1-3H3. The van der Waals surface area contributed by atoms with E-state index in [0.29, 0.717) is 12.2 Å². The summed E-state index contributed by atoms with van der Waals surface area (Å²) >= 11 is 0. The first-order valence-electron chi connectivity index (χ1n) is 2.96.